The van der Waals surface area contributed by atoms with Gasteiger partial charge in [-0.05, 0) is 41.8 Å². The van der Waals surface area contributed by atoms with E-state index in [0.717, 1.165) is 17.5 Å². The van der Waals surface area contributed by atoms with E-state index in [1.807, 2.05) is 32.5 Å². The van der Waals surface area contributed by atoms with Gasteiger partial charge in [0.05, 0.1) is 18.3 Å². The number of carbonyl (C=O) groups excluding carboxylic acids is 2. The summed E-state index contributed by atoms with van der Waals surface area (Å²) in [4.78, 5) is 27.1. The fourth-order valence-electron chi connectivity index (χ4n) is 3.76. The highest BCUT2D eigenvalue weighted by Gasteiger charge is 2.28. The molecule has 1 fully saturated rings. The number of thiophene rings is 1. The smallest absolute Gasteiger partial charge is 0.254 e. The average molecular weight is 423 g/mol. The lowest BCUT2D eigenvalue weighted by Gasteiger charge is -2.31. The van der Waals surface area contributed by atoms with E-state index in [2.05, 4.69) is 41.6 Å². The van der Waals surface area contributed by atoms with Gasteiger partial charge in [0.1, 0.15) is 5.82 Å². The minimum Gasteiger partial charge on any atom is -0.339 e. The Balaban J connectivity index is 1.32. The van der Waals surface area contributed by atoms with Crippen molar-refractivity contribution in [2.75, 3.05) is 18.4 Å². The average Bonchev–Trinajstić information content (AvgIpc) is 3.47. The number of aryl methyl sites for hydroxylation is 1. The van der Waals surface area contributed by atoms with Gasteiger partial charge in [0, 0.05) is 30.5 Å². The minimum atomic E-state index is -0.0938. The number of benzene rings is 1. The van der Waals surface area contributed by atoms with Crippen molar-refractivity contribution in [1.29, 1.82) is 0 Å². The summed E-state index contributed by atoms with van der Waals surface area (Å²) < 4.78 is 1.81. The van der Waals surface area contributed by atoms with Crippen LogP contribution in [-0.2, 0) is 17.8 Å². The second-order valence-corrected chi connectivity index (χ2v) is 8.39. The van der Waals surface area contributed by atoms with Crippen LogP contribution in [0.25, 0.3) is 0 Å². The predicted molar refractivity (Wildman–Crippen MR) is 119 cm³/mol. The summed E-state index contributed by atoms with van der Waals surface area (Å²) in [7, 11) is 0. The molecule has 0 bridgehead atoms. The summed E-state index contributed by atoms with van der Waals surface area (Å²) in [5.41, 5.74) is 3.18. The number of nitrogens with one attached hydrogen (secondary N) is 1. The molecule has 1 aromatic carbocycles. The Labute approximate surface area is 180 Å². The third kappa shape index (κ3) is 4.62. The molecule has 0 saturated carbocycles. The largest absolute Gasteiger partial charge is 0.339 e. The molecule has 0 spiro atoms. The van der Waals surface area contributed by atoms with Gasteiger partial charge in [-0.1, -0.05) is 31.2 Å². The van der Waals surface area contributed by atoms with E-state index in [9.17, 15) is 9.59 Å². The number of rotatable bonds is 6. The third-order valence-electron chi connectivity index (χ3n) is 5.65. The third-order valence-corrected chi connectivity index (χ3v) is 6.34. The minimum absolute atomic E-state index is 0.000660. The number of aromatic nitrogens is 2. The first-order valence-electron chi connectivity index (χ1n) is 10.4. The van der Waals surface area contributed by atoms with Gasteiger partial charge < -0.3 is 10.2 Å². The van der Waals surface area contributed by atoms with Crippen LogP contribution in [0, 0.1) is 5.92 Å². The van der Waals surface area contributed by atoms with Crippen LogP contribution in [-0.4, -0.2) is 39.6 Å². The number of amides is 2. The molecular weight excluding hydrogens is 396 g/mol. The molecule has 1 saturated heterocycles. The molecule has 2 amide bonds. The monoisotopic (exact) mass is 422 g/mol. The van der Waals surface area contributed by atoms with E-state index in [4.69, 9.17) is 0 Å². The quantitative estimate of drug-likeness (QED) is 0.652. The summed E-state index contributed by atoms with van der Waals surface area (Å²) in [5, 5.41) is 11.2. The molecule has 0 atom stereocenters. The van der Waals surface area contributed by atoms with E-state index in [1.165, 1.54) is 16.9 Å². The SMILES string of the molecule is CCc1ccc(Cn2nccc2NC(=O)C2CCN(C(=O)c3ccsc3)CC2)cc1. The Morgan fingerprint density at radius 1 is 1.10 bits per heavy atom. The van der Waals surface area contributed by atoms with E-state index in [-0.39, 0.29) is 17.7 Å². The van der Waals surface area contributed by atoms with Gasteiger partial charge in [-0.2, -0.15) is 16.4 Å². The molecule has 1 N–H and O–H groups in total. The molecular formula is C23H26N4O2S. The highest BCUT2D eigenvalue weighted by atomic mass is 32.1. The maximum absolute atomic E-state index is 12.8. The Morgan fingerprint density at radius 3 is 2.50 bits per heavy atom. The summed E-state index contributed by atoms with van der Waals surface area (Å²) in [6.45, 7) is 3.96. The molecule has 1 aliphatic heterocycles. The molecule has 0 aliphatic carbocycles. The first-order valence-corrected chi connectivity index (χ1v) is 11.3. The number of hydrogen-bond donors (Lipinski definition) is 1. The lowest BCUT2D eigenvalue weighted by atomic mass is 9.95. The molecule has 6 nitrogen and oxygen atoms in total. The zero-order valence-electron chi connectivity index (χ0n) is 17.1. The fraction of sp³-hybridized carbons (Fsp3) is 0.348. The van der Waals surface area contributed by atoms with Crippen LogP contribution in [0.2, 0.25) is 0 Å². The van der Waals surface area contributed by atoms with Gasteiger partial charge in [-0.25, -0.2) is 4.68 Å². The molecule has 7 heteroatoms. The molecule has 3 aromatic rings. The van der Waals surface area contributed by atoms with Crippen LogP contribution in [0.1, 0.15) is 41.3 Å². The Hall–Kier alpha value is -2.93. The van der Waals surface area contributed by atoms with Crippen LogP contribution >= 0.6 is 11.3 Å². The second-order valence-electron chi connectivity index (χ2n) is 7.61. The van der Waals surface area contributed by atoms with Crippen molar-refractivity contribution in [3.8, 4) is 0 Å². The van der Waals surface area contributed by atoms with Gasteiger partial charge in [0.2, 0.25) is 5.91 Å². The maximum atomic E-state index is 12.8. The normalized spacial score (nSPS) is 14.6. The summed E-state index contributed by atoms with van der Waals surface area (Å²) in [5.74, 6) is 0.669. The molecule has 4 rings (SSSR count). The fourth-order valence-corrected chi connectivity index (χ4v) is 4.39. The lowest BCUT2D eigenvalue weighted by Crippen LogP contribution is -2.41. The summed E-state index contributed by atoms with van der Waals surface area (Å²) in [6, 6.07) is 12.1. The first kappa shape index (κ1) is 20.3. The van der Waals surface area contributed by atoms with Crippen molar-refractivity contribution < 1.29 is 9.59 Å². The second kappa shape index (κ2) is 9.26. The molecule has 3 heterocycles. The van der Waals surface area contributed by atoms with Crippen molar-refractivity contribution >= 4 is 29.0 Å². The van der Waals surface area contributed by atoms with Crippen molar-refractivity contribution in [2.45, 2.75) is 32.7 Å². The number of likely N-dealkylation sites (tertiary alicyclic amines) is 1. The predicted octanol–water partition coefficient (Wildman–Crippen LogP) is 4.05. The van der Waals surface area contributed by atoms with Crippen LogP contribution < -0.4 is 5.32 Å². The number of hydrogen-bond acceptors (Lipinski definition) is 4. The van der Waals surface area contributed by atoms with Gasteiger partial charge >= 0.3 is 0 Å². The van der Waals surface area contributed by atoms with Crippen LogP contribution in [0.5, 0.6) is 0 Å². The van der Waals surface area contributed by atoms with Gasteiger partial charge in [-0.15, -0.1) is 0 Å². The molecule has 2 aromatic heterocycles. The van der Waals surface area contributed by atoms with E-state index in [0.29, 0.717) is 38.3 Å². The van der Waals surface area contributed by atoms with E-state index < -0.39 is 0 Å². The maximum Gasteiger partial charge on any atom is 0.254 e. The van der Waals surface area contributed by atoms with E-state index in [1.54, 1.807) is 6.20 Å². The molecule has 0 unspecified atom stereocenters. The lowest BCUT2D eigenvalue weighted by molar-refractivity contribution is -0.121. The van der Waals surface area contributed by atoms with Crippen molar-refractivity contribution in [3.05, 3.63) is 70.0 Å². The molecule has 156 valence electrons. The zero-order valence-corrected chi connectivity index (χ0v) is 17.9. The van der Waals surface area contributed by atoms with Gasteiger partial charge in [0.25, 0.3) is 5.91 Å². The van der Waals surface area contributed by atoms with Crippen LogP contribution in [0.15, 0.2) is 53.4 Å². The number of carbonyl (C=O) groups is 2. The zero-order chi connectivity index (χ0) is 20.9. The molecule has 0 radical (unpaired) electrons. The molecule has 30 heavy (non-hydrogen) atoms. The van der Waals surface area contributed by atoms with Crippen molar-refractivity contribution in [1.82, 2.24) is 14.7 Å². The Kier molecular flexibility index (Phi) is 6.28. The Morgan fingerprint density at radius 2 is 1.83 bits per heavy atom. The molecule has 1 aliphatic rings. The summed E-state index contributed by atoms with van der Waals surface area (Å²) in [6.07, 6.45) is 4.07. The highest BCUT2D eigenvalue weighted by Crippen LogP contribution is 2.22. The number of anilines is 1. The first-order chi connectivity index (χ1) is 14.6. The van der Waals surface area contributed by atoms with Crippen LogP contribution in [0.4, 0.5) is 5.82 Å². The van der Waals surface area contributed by atoms with E-state index >= 15 is 0 Å². The van der Waals surface area contributed by atoms with Gasteiger partial charge in [-0.3, -0.25) is 9.59 Å². The number of piperidine rings is 1. The van der Waals surface area contributed by atoms with Crippen LogP contribution in [0.3, 0.4) is 0 Å². The standard InChI is InChI=1S/C23H26N4O2S/c1-2-17-3-5-18(6-4-17)15-27-21(7-11-24-27)25-22(28)19-8-12-26(13-9-19)23(29)20-10-14-30-16-20/h3-7,10-11,14,16,19H,2,8-9,12-13,15H2,1H3,(H,25,28). The highest BCUT2D eigenvalue weighted by molar-refractivity contribution is 7.08. The summed E-state index contributed by atoms with van der Waals surface area (Å²) >= 11 is 1.52. The number of nitrogens with zero attached hydrogens (tertiary/aromatic N) is 3. The van der Waals surface area contributed by atoms with Gasteiger partial charge in [0.15, 0.2) is 0 Å². The van der Waals surface area contributed by atoms with Crippen molar-refractivity contribution in [3.63, 3.8) is 0 Å². The Bertz CT molecular complexity index is 987. The van der Waals surface area contributed by atoms with Crippen molar-refractivity contribution in [2.24, 2.45) is 5.92 Å². The topological polar surface area (TPSA) is 67.2 Å².